The van der Waals surface area contributed by atoms with Crippen molar-refractivity contribution in [2.45, 2.75) is 191 Å². The second-order valence-corrected chi connectivity index (χ2v) is 18.7. The van der Waals surface area contributed by atoms with Gasteiger partial charge in [-0.15, -0.1) is 0 Å². The lowest BCUT2D eigenvalue weighted by molar-refractivity contribution is -0.146. The van der Waals surface area contributed by atoms with Crippen molar-refractivity contribution in [1.82, 2.24) is 47.4 Å². The molecule has 14 N–H and O–H groups in total. The average molecular weight is 1080 g/mol. The number of nitrogens with two attached hydrogens (primary N) is 1. The summed E-state index contributed by atoms with van der Waals surface area (Å²) in [5, 5.41) is 55.9. The smallest absolute Gasteiger partial charge is 0.305 e. The first-order valence-electron chi connectivity index (χ1n) is 26.3. The standard InChI is InChI=1S/C49H82N10O17/c1-2-3-4-5-6-7-8-9-10-11-12-13-14-15-16-19-38(62)51-25-24-39(63)52-29-40(64)56-34(27-44(70)71)49(76)59-26-17-18-36(59)48(75)57-33(21-23-43(68)69)47(74)58-35(31-60)46(73)54-30-41(65)55-32(20-22-42(66)67)45(72)53-28-37(50)61/h32-36,60H,2-31H2,1H3,(H2,50,61)(H,51,62)(H,52,63)(H,53,72)(H,54,73)(H,55,65)(H,56,64)(H,57,75)(H,58,74)(H,66,67)(H,68,69)(H,70,71)/t32-,33-,34-,35-,36-/m0/s1. The lowest BCUT2D eigenvalue weighted by atomic mass is 10.0. The van der Waals surface area contributed by atoms with Gasteiger partial charge in [0.1, 0.15) is 30.2 Å². The van der Waals surface area contributed by atoms with Crippen LogP contribution in [0.25, 0.3) is 0 Å². The van der Waals surface area contributed by atoms with Crippen LogP contribution >= 0.6 is 0 Å². The van der Waals surface area contributed by atoms with Gasteiger partial charge in [0.05, 0.1) is 32.7 Å². The number of nitrogens with one attached hydrogen (secondary N) is 8. The van der Waals surface area contributed by atoms with Crippen LogP contribution in [0.1, 0.15) is 161 Å². The van der Waals surface area contributed by atoms with Crippen LogP contribution in [0, 0.1) is 0 Å². The Hall–Kier alpha value is -6.93. The topological polar surface area (TPSA) is 428 Å². The Kier molecular flexibility index (Phi) is 34.8. The third-order valence-electron chi connectivity index (χ3n) is 12.2. The number of carbonyl (C=O) groups is 13. The van der Waals surface area contributed by atoms with E-state index in [1.54, 1.807) is 0 Å². The molecule has 0 saturated carbocycles. The third-order valence-corrected chi connectivity index (χ3v) is 12.2. The van der Waals surface area contributed by atoms with Crippen molar-refractivity contribution in [3.05, 3.63) is 0 Å². The van der Waals surface area contributed by atoms with E-state index in [1.807, 2.05) is 0 Å². The predicted octanol–water partition coefficient (Wildman–Crippen LogP) is -1.29. The van der Waals surface area contributed by atoms with E-state index in [4.69, 9.17) is 10.8 Å². The molecule has 1 rings (SSSR count). The number of aliphatic carboxylic acids is 3. The average Bonchev–Trinajstić information content (AvgIpc) is 3.87. The summed E-state index contributed by atoms with van der Waals surface area (Å²) in [6, 6.07) is -8.07. The highest BCUT2D eigenvalue weighted by molar-refractivity contribution is 5.98. The number of hydrogen-bond acceptors (Lipinski definition) is 14. The monoisotopic (exact) mass is 1080 g/mol. The van der Waals surface area contributed by atoms with Crippen molar-refractivity contribution < 1.29 is 82.8 Å². The number of rotatable bonds is 43. The number of unbranched alkanes of at least 4 members (excludes halogenated alkanes) is 14. The van der Waals surface area contributed by atoms with Gasteiger partial charge in [-0.25, -0.2) is 0 Å². The molecule has 430 valence electrons. The van der Waals surface area contributed by atoms with Crippen LogP contribution in [0.15, 0.2) is 0 Å². The maximum absolute atomic E-state index is 13.7. The molecule has 0 spiro atoms. The fourth-order valence-electron chi connectivity index (χ4n) is 8.09. The normalized spacial score (nSPS) is 14.4. The number of aliphatic hydroxyl groups excluding tert-OH is 1. The molecular formula is C49H82N10O17. The van der Waals surface area contributed by atoms with Gasteiger partial charge in [-0.3, -0.25) is 62.3 Å². The van der Waals surface area contributed by atoms with Crippen molar-refractivity contribution in [3.8, 4) is 0 Å². The number of carboxylic acids is 3. The summed E-state index contributed by atoms with van der Waals surface area (Å²) in [5.41, 5.74) is 4.99. The van der Waals surface area contributed by atoms with E-state index in [-0.39, 0.29) is 38.3 Å². The molecule has 0 aromatic carbocycles. The summed E-state index contributed by atoms with van der Waals surface area (Å²) in [4.78, 5) is 163. The van der Waals surface area contributed by atoms with E-state index < -0.39 is 160 Å². The van der Waals surface area contributed by atoms with Gasteiger partial charge in [-0.2, -0.15) is 0 Å². The summed E-state index contributed by atoms with van der Waals surface area (Å²) in [6.45, 7) is -1.12. The van der Waals surface area contributed by atoms with Gasteiger partial charge < -0.3 is 73.6 Å². The minimum atomic E-state index is -1.81. The molecule has 27 heteroatoms. The molecule has 1 aliphatic heterocycles. The molecule has 27 nitrogen and oxygen atoms in total. The van der Waals surface area contributed by atoms with Crippen molar-refractivity contribution in [2.24, 2.45) is 5.73 Å². The van der Waals surface area contributed by atoms with Crippen LogP contribution in [-0.2, 0) is 62.3 Å². The molecule has 10 amide bonds. The van der Waals surface area contributed by atoms with E-state index in [0.717, 1.165) is 30.6 Å². The van der Waals surface area contributed by atoms with Crippen molar-refractivity contribution in [2.75, 3.05) is 39.3 Å². The van der Waals surface area contributed by atoms with Crippen molar-refractivity contribution in [1.29, 1.82) is 0 Å². The molecule has 5 atom stereocenters. The van der Waals surface area contributed by atoms with Crippen LogP contribution in [0.3, 0.4) is 0 Å². The van der Waals surface area contributed by atoms with E-state index in [1.165, 1.54) is 70.6 Å². The third kappa shape index (κ3) is 31.1. The van der Waals surface area contributed by atoms with Crippen molar-refractivity contribution >= 4 is 77.0 Å². The Balaban J connectivity index is 2.70. The highest BCUT2D eigenvalue weighted by Crippen LogP contribution is 2.20. The minimum Gasteiger partial charge on any atom is -0.481 e. The highest BCUT2D eigenvalue weighted by Gasteiger charge is 2.40. The Morgan fingerprint density at radius 3 is 1.49 bits per heavy atom. The maximum Gasteiger partial charge on any atom is 0.305 e. The summed E-state index contributed by atoms with van der Waals surface area (Å²) < 4.78 is 0. The molecule has 1 fully saturated rings. The molecule has 0 aliphatic carbocycles. The molecule has 1 saturated heterocycles. The molecule has 0 bridgehead atoms. The first kappa shape index (κ1) is 67.1. The quantitative estimate of drug-likeness (QED) is 0.0316. The molecule has 0 aromatic rings. The fraction of sp³-hybridized carbons (Fsp3) is 0.735. The predicted molar refractivity (Wildman–Crippen MR) is 271 cm³/mol. The maximum atomic E-state index is 13.7. The Morgan fingerprint density at radius 2 is 0.974 bits per heavy atom. The van der Waals surface area contributed by atoms with E-state index in [2.05, 4.69) is 49.5 Å². The van der Waals surface area contributed by atoms with E-state index in [0.29, 0.717) is 6.42 Å². The van der Waals surface area contributed by atoms with Crippen LogP contribution in [0.5, 0.6) is 0 Å². The van der Waals surface area contributed by atoms with Gasteiger partial charge in [0.2, 0.25) is 59.1 Å². The van der Waals surface area contributed by atoms with Gasteiger partial charge in [-0.1, -0.05) is 96.8 Å². The first-order chi connectivity index (χ1) is 36.2. The van der Waals surface area contributed by atoms with Crippen LogP contribution in [-0.4, -0.2) is 172 Å². The van der Waals surface area contributed by atoms with E-state index in [9.17, 15) is 77.6 Å². The van der Waals surface area contributed by atoms with Gasteiger partial charge >= 0.3 is 17.9 Å². The summed E-state index contributed by atoms with van der Waals surface area (Å²) in [5.74, 6) is -13.2. The zero-order valence-corrected chi connectivity index (χ0v) is 43.7. The Morgan fingerprint density at radius 1 is 0.500 bits per heavy atom. The number of nitrogens with zero attached hydrogens (tertiary/aromatic N) is 1. The number of hydrogen-bond donors (Lipinski definition) is 13. The Labute approximate surface area is 442 Å². The number of amides is 10. The molecule has 1 heterocycles. The zero-order chi connectivity index (χ0) is 56.8. The highest BCUT2D eigenvalue weighted by atomic mass is 16.4. The van der Waals surface area contributed by atoms with Gasteiger partial charge in [0, 0.05) is 38.8 Å². The first-order valence-corrected chi connectivity index (χ1v) is 26.3. The molecule has 1 aliphatic rings. The van der Waals surface area contributed by atoms with Crippen LogP contribution < -0.4 is 48.3 Å². The number of primary amides is 1. The van der Waals surface area contributed by atoms with E-state index >= 15 is 0 Å². The van der Waals surface area contributed by atoms with Gasteiger partial charge in [-0.05, 0) is 32.1 Å². The van der Waals surface area contributed by atoms with Gasteiger partial charge in [0.15, 0.2) is 0 Å². The lowest BCUT2D eigenvalue weighted by Crippen LogP contribution is -2.59. The molecule has 0 aromatic heterocycles. The van der Waals surface area contributed by atoms with Gasteiger partial charge in [0.25, 0.3) is 0 Å². The number of carboxylic acid groups (broad SMARTS) is 3. The summed E-state index contributed by atoms with van der Waals surface area (Å²) in [7, 11) is 0. The number of likely N-dealkylation sites (tertiary alicyclic amines) is 1. The molecule has 0 unspecified atom stereocenters. The molecule has 76 heavy (non-hydrogen) atoms. The zero-order valence-electron chi connectivity index (χ0n) is 43.7. The fourth-order valence-corrected chi connectivity index (χ4v) is 8.09. The molecular weight excluding hydrogens is 1000 g/mol. The second kappa shape index (κ2) is 39.5. The number of carbonyl (C=O) groups excluding carboxylic acids is 10. The lowest BCUT2D eigenvalue weighted by Gasteiger charge is -2.29. The summed E-state index contributed by atoms with van der Waals surface area (Å²) >= 11 is 0. The molecule has 0 radical (unpaired) electrons. The van der Waals surface area contributed by atoms with Crippen LogP contribution in [0.4, 0.5) is 0 Å². The largest absolute Gasteiger partial charge is 0.481 e. The minimum absolute atomic E-state index is 0.00671. The Bertz CT molecular complexity index is 1940. The van der Waals surface area contributed by atoms with Crippen LogP contribution in [0.2, 0.25) is 0 Å². The van der Waals surface area contributed by atoms with Crippen molar-refractivity contribution in [3.63, 3.8) is 0 Å². The SMILES string of the molecule is CCCCCCCCCCCCCCCCCC(=O)NCCC(=O)NCC(=O)N[C@@H](CC(=O)O)C(=O)N1CCC[C@H]1C(=O)N[C@@H](CCC(=O)O)C(=O)N[C@@H](CO)C(=O)NCC(=O)N[C@@H](CCC(=O)O)C(=O)NCC(N)=O. The summed E-state index contributed by atoms with van der Waals surface area (Å²) in [6.07, 6.45) is 15.2. The number of aliphatic hydroxyl groups is 1. The second-order valence-electron chi connectivity index (χ2n) is 18.7.